The van der Waals surface area contributed by atoms with Crippen LogP contribution in [-0.2, 0) is 24.0 Å². The fourth-order valence-corrected chi connectivity index (χ4v) is 4.26. The van der Waals surface area contributed by atoms with Crippen LogP contribution < -0.4 is 104 Å². The van der Waals surface area contributed by atoms with Gasteiger partial charge in [0.15, 0.2) is 0 Å². The van der Waals surface area contributed by atoms with Crippen molar-refractivity contribution in [2.24, 2.45) is 34.4 Å². The minimum Gasteiger partial charge on any atom is -0.548 e. The summed E-state index contributed by atoms with van der Waals surface area (Å²) >= 11 is 0. The van der Waals surface area contributed by atoms with E-state index in [2.05, 4.69) is 13.8 Å². The summed E-state index contributed by atoms with van der Waals surface area (Å²) in [5.74, 6) is -3.42. The van der Waals surface area contributed by atoms with Crippen molar-refractivity contribution in [1.29, 1.82) is 0 Å². The first-order valence-electron chi connectivity index (χ1n) is 18.2. The normalized spacial score (nSPS) is 10.9. The van der Waals surface area contributed by atoms with E-state index >= 15 is 0 Å². The Morgan fingerprint density at radius 2 is 0.720 bits per heavy atom. The topological polar surface area (TPSA) is 288 Å². The van der Waals surface area contributed by atoms with Crippen LogP contribution in [0.3, 0.4) is 0 Å². The number of carbonyl (C=O) groups excluding carboxylic acids is 5. The number of unbranched alkanes of at least 4 members (excludes halogenated alkanes) is 17. The standard InChI is InChI=1S/2C12H25NO.C6H14N2O2.C5H10N2O3.2Na/c2*1-2-3-4-5-6-7-8-9-10-11-12(13)14;7-4-2-1-3-5(8)6(9)10;6-3(5(9)10)1-2-4(7)8;;/h2*2-11H2,1H3,(H2,13,14);5H,1-4,7-8H2,(H,9,10);3H,1-2,6H2,(H2,7,8)(H,9,10);;/q;;;;2*+1/p-2/t;;5-;3-;;/m..00../s1. The Bertz CT molecular complexity index is 752. The van der Waals surface area contributed by atoms with Crippen molar-refractivity contribution < 1.29 is 93.3 Å². The van der Waals surface area contributed by atoms with Crippen molar-refractivity contribution in [3.05, 3.63) is 0 Å². The number of aliphatic carboxylic acids is 2. The average Bonchev–Trinajstić information content (AvgIpc) is 3.02. The number of primary amides is 3. The van der Waals surface area contributed by atoms with Crippen LogP contribution in [0.15, 0.2) is 0 Å². The Hall–Kier alpha value is -0.770. The summed E-state index contributed by atoms with van der Waals surface area (Å²) in [5, 5.41) is 19.9. The molecule has 0 saturated carbocycles. The van der Waals surface area contributed by atoms with Crippen LogP contribution >= 0.6 is 0 Å². The molecule has 0 rings (SSSR count). The third-order valence-corrected chi connectivity index (χ3v) is 7.33. The molecule has 0 radical (unpaired) electrons. The summed E-state index contributed by atoms with van der Waals surface area (Å²) in [6, 6.07) is -1.92. The second-order valence-corrected chi connectivity index (χ2v) is 12.2. The number of carboxylic acids is 2. The Balaban J connectivity index is -0.000000129. The molecule has 0 aliphatic heterocycles. The van der Waals surface area contributed by atoms with Gasteiger partial charge in [-0.15, -0.1) is 0 Å². The number of nitrogens with two attached hydrogens (primary N) is 6. The Kier molecular flexibility index (Phi) is 61.7. The smallest absolute Gasteiger partial charge is 0.548 e. The number of hydrogen-bond acceptors (Lipinski definition) is 10. The maximum atomic E-state index is 10.4. The molecule has 0 aromatic carbocycles. The molecule has 13 nitrogen and oxygen atoms in total. The van der Waals surface area contributed by atoms with Crippen molar-refractivity contribution in [2.75, 3.05) is 6.54 Å². The van der Waals surface area contributed by atoms with E-state index in [1.54, 1.807) is 0 Å². The Labute approximate surface area is 347 Å². The zero-order valence-corrected chi connectivity index (χ0v) is 36.4. The van der Waals surface area contributed by atoms with E-state index < -0.39 is 29.9 Å². The molecule has 0 fully saturated rings. The second-order valence-electron chi connectivity index (χ2n) is 12.2. The molecule has 0 aliphatic rings. The summed E-state index contributed by atoms with van der Waals surface area (Å²) < 4.78 is 0. The molecule has 0 unspecified atom stereocenters. The van der Waals surface area contributed by atoms with Gasteiger partial charge in [-0.2, -0.15) is 0 Å². The number of hydrogen-bond donors (Lipinski definition) is 6. The molecule has 3 amide bonds. The predicted molar refractivity (Wildman–Crippen MR) is 189 cm³/mol. The van der Waals surface area contributed by atoms with Crippen molar-refractivity contribution in [1.82, 2.24) is 0 Å². The Morgan fingerprint density at radius 1 is 0.440 bits per heavy atom. The molecule has 12 N–H and O–H groups in total. The maximum absolute atomic E-state index is 10.4. The van der Waals surface area contributed by atoms with Gasteiger partial charge in [0.25, 0.3) is 0 Å². The van der Waals surface area contributed by atoms with Crippen molar-refractivity contribution in [3.8, 4) is 0 Å². The van der Waals surface area contributed by atoms with Crippen molar-refractivity contribution in [2.45, 2.75) is 186 Å². The van der Waals surface area contributed by atoms with E-state index in [1.807, 2.05) is 0 Å². The van der Waals surface area contributed by atoms with Crippen LogP contribution in [0.25, 0.3) is 0 Å². The largest absolute Gasteiger partial charge is 1.00 e. The number of carboxylic acid groups (broad SMARTS) is 2. The molecular formula is C35H72N6Na2O7. The molecule has 0 spiro atoms. The molecule has 286 valence electrons. The van der Waals surface area contributed by atoms with Gasteiger partial charge in [-0.05, 0) is 38.6 Å². The minimum absolute atomic E-state index is 0. The molecule has 2 atom stereocenters. The molecule has 0 bridgehead atoms. The third-order valence-electron chi connectivity index (χ3n) is 7.33. The van der Waals surface area contributed by atoms with Gasteiger partial charge in [0, 0.05) is 31.3 Å². The molecule has 50 heavy (non-hydrogen) atoms. The second kappa shape index (κ2) is 50.3. The molecule has 0 aliphatic carbocycles. The van der Waals surface area contributed by atoms with Crippen LogP contribution in [0.5, 0.6) is 0 Å². The number of rotatable bonds is 29. The zero-order valence-electron chi connectivity index (χ0n) is 32.4. The fourth-order valence-electron chi connectivity index (χ4n) is 4.26. The third kappa shape index (κ3) is 65.6. The average molecular weight is 735 g/mol. The fraction of sp³-hybridized carbons (Fsp3) is 0.857. The van der Waals surface area contributed by atoms with E-state index in [0.29, 0.717) is 25.8 Å². The van der Waals surface area contributed by atoms with Gasteiger partial charge in [0.1, 0.15) is 0 Å². The minimum atomic E-state index is -1.36. The van der Waals surface area contributed by atoms with Crippen molar-refractivity contribution in [3.63, 3.8) is 0 Å². The maximum Gasteiger partial charge on any atom is 1.00 e. The van der Waals surface area contributed by atoms with Crippen LogP contribution in [0.1, 0.15) is 174 Å². The van der Waals surface area contributed by atoms with Gasteiger partial charge in [0.05, 0.1) is 11.9 Å². The predicted octanol–water partition coefficient (Wildman–Crippen LogP) is -3.69. The summed E-state index contributed by atoms with van der Waals surface area (Å²) in [5.41, 5.74) is 30.2. The molecule has 0 saturated heterocycles. The Morgan fingerprint density at radius 3 is 0.980 bits per heavy atom. The zero-order chi connectivity index (χ0) is 37.4. The summed E-state index contributed by atoms with van der Waals surface area (Å²) in [6.07, 6.45) is 26.3. The van der Waals surface area contributed by atoms with Crippen LogP contribution in [0.2, 0.25) is 0 Å². The van der Waals surface area contributed by atoms with E-state index in [-0.39, 0.29) is 83.8 Å². The SMILES string of the molecule is CCCCCCCCCCCC(N)=O.CCCCCCCCCCCC(N)=O.NC(=O)CC[C@H](N)C(=O)[O-].NCCCC[C@H](N)C(=O)[O-].[Na+].[Na+]. The summed E-state index contributed by atoms with van der Waals surface area (Å²) in [6.45, 7) is 5.06. The molecule has 0 aromatic rings. The number of carbonyl (C=O) groups is 5. The van der Waals surface area contributed by atoms with Crippen molar-refractivity contribution >= 4 is 29.7 Å². The van der Waals surface area contributed by atoms with E-state index in [9.17, 15) is 34.2 Å². The van der Waals surface area contributed by atoms with Gasteiger partial charge in [0.2, 0.25) is 17.7 Å². The molecule has 15 heteroatoms. The van der Waals surface area contributed by atoms with Crippen LogP contribution in [0.4, 0.5) is 0 Å². The summed E-state index contributed by atoms with van der Waals surface area (Å²) in [4.78, 5) is 50.9. The summed E-state index contributed by atoms with van der Waals surface area (Å²) in [7, 11) is 0. The van der Waals surface area contributed by atoms with E-state index in [0.717, 1.165) is 38.5 Å². The van der Waals surface area contributed by atoms with Crippen LogP contribution in [0, 0.1) is 0 Å². The number of amides is 3. The first-order valence-corrected chi connectivity index (χ1v) is 18.2. The van der Waals surface area contributed by atoms with Gasteiger partial charge < -0.3 is 54.2 Å². The van der Waals surface area contributed by atoms with Gasteiger partial charge in [-0.25, -0.2) is 0 Å². The molecule has 0 aromatic heterocycles. The van der Waals surface area contributed by atoms with E-state index in [1.165, 1.54) is 89.9 Å². The molecule has 0 heterocycles. The van der Waals surface area contributed by atoms with E-state index in [4.69, 9.17) is 34.4 Å². The van der Waals surface area contributed by atoms with Crippen LogP contribution in [-0.4, -0.2) is 48.3 Å². The molecular weight excluding hydrogens is 662 g/mol. The van der Waals surface area contributed by atoms with Gasteiger partial charge >= 0.3 is 59.1 Å². The quantitative estimate of drug-likeness (QED) is 0.0323. The first kappa shape index (κ1) is 61.3. The monoisotopic (exact) mass is 735 g/mol. The van der Waals surface area contributed by atoms with Gasteiger partial charge in [-0.3, -0.25) is 14.4 Å². The first-order chi connectivity index (χ1) is 22.8. The van der Waals surface area contributed by atoms with Gasteiger partial charge in [-0.1, -0.05) is 123 Å².